The third-order valence-electron chi connectivity index (χ3n) is 12.8. The number of aliphatic imine (C=N–C) groups is 1. The molecule has 7 unspecified atom stereocenters. The number of H-pyrrole nitrogens is 1. The molecule has 73 heavy (non-hydrogen) atoms. The third-order valence-corrected chi connectivity index (χ3v) is 12.8. The third kappa shape index (κ3) is 14.6. The molecule has 0 radical (unpaired) electrons. The van der Waals surface area contributed by atoms with Gasteiger partial charge in [-0.3, -0.25) is 38.6 Å². The van der Waals surface area contributed by atoms with Crippen LogP contribution in [0.5, 0.6) is 0 Å². The van der Waals surface area contributed by atoms with E-state index in [0.717, 1.165) is 16.8 Å². The van der Waals surface area contributed by atoms with Gasteiger partial charge in [0.25, 0.3) is 5.56 Å². The molecule has 0 spiro atoms. The molecule has 3 aliphatic rings. The van der Waals surface area contributed by atoms with Gasteiger partial charge in [-0.15, -0.1) is 0 Å². The Morgan fingerprint density at radius 3 is 2.21 bits per heavy atom. The van der Waals surface area contributed by atoms with Crippen molar-refractivity contribution in [2.75, 3.05) is 33.3 Å². The van der Waals surface area contributed by atoms with Crippen LogP contribution in [0.2, 0.25) is 0 Å². The first-order valence-electron chi connectivity index (χ1n) is 23.8. The molecule has 3 aliphatic heterocycles. The average Bonchev–Trinajstić information content (AvgIpc) is 3.81. The van der Waals surface area contributed by atoms with Crippen molar-refractivity contribution in [2.24, 2.45) is 28.3 Å². The Balaban J connectivity index is 1.42. The van der Waals surface area contributed by atoms with Gasteiger partial charge in [0.1, 0.15) is 66.9 Å². The number of aliphatic hydroxyl groups is 4. The largest absolute Gasteiger partial charge is 0.480 e. The number of aliphatic hydroxyl groups excluding tert-OH is 4. The van der Waals surface area contributed by atoms with Gasteiger partial charge < -0.3 is 87.6 Å². The van der Waals surface area contributed by atoms with Crippen LogP contribution in [0.3, 0.4) is 0 Å². The topological polar surface area (TPSA) is 426 Å². The predicted octanol–water partition coefficient (Wildman–Crippen LogP) is -4.98. The number of aromatic amines is 1. The van der Waals surface area contributed by atoms with E-state index in [2.05, 4.69) is 31.6 Å². The van der Waals surface area contributed by atoms with Crippen molar-refractivity contribution >= 4 is 35.7 Å². The molecule has 2 fully saturated rings. The van der Waals surface area contributed by atoms with E-state index >= 15 is 0 Å². The fraction of sp³-hybridized carbons (Fsp3) is 0.644. The Kier molecular flexibility index (Phi) is 20.8. The average molecular weight is 1040 g/mol. The maximum atomic E-state index is 14.1. The minimum absolute atomic E-state index is 0.0241. The molecule has 406 valence electrons. The highest BCUT2D eigenvalue weighted by atomic mass is 16.7. The van der Waals surface area contributed by atoms with E-state index in [1.807, 2.05) is 4.98 Å². The maximum Gasteiger partial charge on any atom is 0.330 e. The van der Waals surface area contributed by atoms with E-state index in [9.17, 15) is 64.2 Å². The molecule has 4 heterocycles. The minimum Gasteiger partial charge on any atom is -0.480 e. The number of nitrogens with zero attached hydrogens (tertiary/aromatic N) is 3. The lowest BCUT2D eigenvalue weighted by atomic mass is 9.96. The summed E-state index contributed by atoms with van der Waals surface area (Å²) in [5, 5.41) is 78.9. The Bertz CT molecular complexity index is 2340. The minimum atomic E-state index is -1.95. The predicted molar refractivity (Wildman–Crippen MR) is 255 cm³/mol. The quantitative estimate of drug-likeness (QED) is 0.0414. The van der Waals surface area contributed by atoms with Gasteiger partial charge in [0, 0.05) is 52.1 Å². The number of amides is 4. The smallest absolute Gasteiger partial charge is 0.330 e. The van der Waals surface area contributed by atoms with E-state index < -0.39 is 144 Å². The zero-order valence-electron chi connectivity index (χ0n) is 41.0. The molecular formula is C45H69N11O17. The number of hydrogen-bond donors (Lipinski definition) is 14. The summed E-state index contributed by atoms with van der Waals surface area (Å²) in [6.07, 6.45) is -14.6. The monoisotopic (exact) mass is 1040 g/mol. The molecule has 0 saturated carbocycles. The molecule has 16 N–H and O–H groups in total. The first-order chi connectivity index (χ1) is 34.6. The molecule has 2 saturated heterocycles. The van der Waals surface area contributed by atoms with Gasteiger partial charge in [0.2, 0.25) is 11.8 Å². The highest BCUT2D eigenvalue weighted by molar-refractivity contribution is 5.94. The molecule has 28 nitrogen and oxygen atoms in total. The van der Waals surface area contributed by atoms with Crippen LogP contribution >= 0.6 is 0 Å². The van der Waals surface area contributed by atoms with E-state index in [4.69, 9.17) is 30.4 Å². The van der Waals surface area contributed by atoms with E-state index in [1.54, 1.807) is 58.0 Å². The van der Waals surface area contributed by atoms with Crippen molar-refractivity contribution in [3.8, 4) is 0 Å². The number of aromatic nitrogens is 2. The number of benzene rings is 1. The van der Waals surface area contributed by atoms with E-state index in [1.165, 1.54) is 12.0 Å². The molecule has 4 amide bonds. The zero-order valence-corrected chi connectivity index (χ0v) is 41.0. The molecule has 1 aromatic heterocycles. The first-order valence-corrected chi connectivity index (χ1v) is 23.8. The summed E-state index contributed by atoms with van der Waals surface area (Å²) < 4.78 is 24.6. The molecule has 28 heteroatoms. The van der Waals surface area contributed by atoms with Crippen molar-refractivity contribution in [1.82, 2.24) is 41.0 Å². The number of nitrogens with one attached hydrogen (secondary N) is 6. The molecule has 0 bridgehead atoms. The maximum absolute atomic E-state index is 14.1. The Hall–Kier alpha value is -6.08. The summed E-state index contributed by atoms with van der Waals surface area (Å²) in [5.74, 6) is -5.86. The number of nitrogens with two attached hydrogens (primary N) is 2. The number of ether oxygens (including phenoxy) is 4. The van der Waals surface area contributed by atoms with Crippen LogP contribution in [-0.2, 0) is 44.7 Å². The highest BCUT2D eigenvalue weighted by Crippen LogP contribution is 2.36. The van der Waals surface area contributed by atoms with Gasteiger partial charge in [-0.25, -0.2) is 14.4 Å². The molecule has 15 atom stereocenters. The van der Waals surface area contributed by atoms with E-state index in [-0.39, 0.29) is 51.5 Å². The first kappa shape index (κ1) is 57.8. The summed E-state index contributed by atoms with van der Waals surface area (Å²) in [5.41, 5.74) is 10.6. The molecule has 1 aromatic carbocycles. The lowest BCUT2D eigenvalue weighted by molar-refractivity contribution is -0.238. The molecule has 0 aliphatic carbocycles. The standard InChI is InChI=1S/C45H69N11O17/c1-20(2)26(40(64)65)53-44(68)54-27(23-12-15-49-43(47)50-23)38(63)52-28(30(58)21(3)4)37(62)48-14-9-16-55(19-22-10-7-6-8-11-22)29(41(66)67)34(73-42-36(70-5)31(59)24(18-46)71-42)35-32(60)33(61)39(72-35)56-17-13-25(57)51-45(56)69/h6-8,10-11,13,17,20-21,23-24,26-36,39,42,58-61H,9,12,14-16,18-19,46H2,1-5H3,(H,48,62)(H,52,63)(H,64,65)(H,66,67)(H3,47,49,50)(H,51,57,69)(H2,53,54,68)/t23?,24-,26?,27?,28?,29?,30?,31+,32+,33-,34-,35+,36-,39-,42?/m1/s1. The van der Waals surface area contributed by atoms with Gasteiger partial charge in [-0.05, 0) is 30.2 Å². The Labute approximate surface area is 418 Å². The molecular weight excluding hydrogens is 967 g/mol. The lowest BCUT2D eigenvalue weighted by Gasteiger charge is -2.39. The Morgan fingerprint density at radius 2 is 1.62 bits per heavy atom. The fourth-order valence-electron chi connectivity index (χ4n) is 8.80. The lowest BCUT2D eigenvalue weighted by Crippen LogP contribution is -2.66. The van der Waals surface area contributed by atoms with Crippen molar-refractivity contribution in [3.63, 3.8) is 0 Å². The number of methoxy groups -OCH3 is 1. The normalized spacial score (nSPS) is 26.5. The van der Waals surface area contributed by atoms with Crippen LogP contribution in [0.25, 0.3) is 0 Å². The number of carboxylic acid groups (broad SMARTS) is 2. The van der Waals surface area contributed by atoms with Crippen molar-refractivity contribution in [3.05, 3.63) is 69.0 Å². The number of carbonyl (C=O) groups is 5. The number of carbonyl (C=O) groups excluding carboxylic acids is 3. The van der Waals surface area contributed by atoms with Crippen LogP contribution in [0, 0.1) is 11.8 Å². The van der Waals surface area contributed by atoms with Crippen LogP contribution in [0.15, 0.2) is 57.2 Å². The second-order valence-electron chi connectivity index (χ2n) is 18.6. The second-order valence-corrected chi connectivity index (χ2v) is 18.6. The van der Waals surface area contributed by atoms with Crippen LogP contribution < -0.4 is 49.3 Å². The summed E-state index contributed by atoms with van der Waals surface area (Å²) in [4.78, 5) is 99.2. The van der Waals surface area contributed by atoms with Crippen LogP contribution in [-0.4, -0.2) is 199 Å². The van der Waals surface area contributed by atoms with Gasteiger partial charge in [0.05, 0.1) is 12.1 Å². The summed E-state index contributed by atoms with van der Waals surface area (Å²) in [6.45, 7) is 5.81. The fourth-order valence-corrected chi connectivity index (χ4v) is 8.80. The number of urea groups is 1. The number of carboxylic acids is 2. The number of guanidine groups is 1. The Morgan fingerprint density at radius 1 is 0.918 bits per heavy atom. The summed E-state index contributed by atoms with van der Waals surface area (Å²) in [7, 11) is 1.24. The van der Waals surface area contributed by atoms with E-state index in [0.29, 0.717) is 5.56 Å². The van der Waals surface area contributed by atoms with Crippen LogP contribution in [0.1, 0.15) is 52.3 Å². The summed E-state index contributed by atoms with van der Waals surface area (Å²) in [6, 6.07) is 1.39. The molecule has 2 aromatic rings. The van der Waals surface area contributed by atoms with Gasteiger partial charge in [0.15, 0.2) is 18.5 Å². The second kappa shape index (κ2) is 26.2. The number of hydrogen-bond acceptors (Lipinski definition) is 20. The summed E-state index contributed by atoms with van der Waals surface area (Å²) >= 11 is 0. The highest BCUT2D eigenvalue weighted by Gasteiger charge is 2.55. The zero-order chi connectivity index (χ0) is 53.8. The number of aliphatic carboxylic acids is 2. The van der Waals surface area contributed by atoms with Gasteiger partial charge >= 0.3 is 23.7 Å². The van der Waals surface area contributed by atoms with Crippen LogP contribution in [0.4, 0.5) is 4.79 Å². The van der Waals surface area contributed by atoms with Crippen molar-refractivity contribution < 1.29 is 73.6 Å². The van der Waals surface area contributed by atoms with Gasteiger partial charge in [-0.1, -0.05) is 58.0 Å². The van der Waals surface area contributed by atoms with Gasteiger partial charge in [-0.2, -0.15) is 0 Å². The van der Waals surface area contributed by atoms with Crippen molar-refractivity contribution in [2.45, 2.75) is 139 Å². The molecule has 5 rings (SSSR count). The SMILES string of the molecule is CO[C@H]1C(O[C@H](C(C(=O)O)N(CCCNC(=O)C(NC(=O)C(NC(=O)NC(C(=O)O)C(C)C)C2CCN=C(N)N2)C(O)C(C)C)Cc2ccccc2)[C@H]2O[C@@H](n3ccc(=O)[nH]c3=O)[C@H](O)[C@@H]2O)O[C@H](CN)[C@@H]1O. The van der Waals surface area contributed by atoms with Crippen molar-refractivity contribution in [1.29, 1.82) is 0 Å². The number of rotatable bonds is 25.